The summed E-state index contributed by atoms with van der Waals surface area (Å²) in [4.78, 5) is 30.4. The third-order valence-corrected chi connectivity index (χ3v) is 7.06. The molecule has 4 rings (SSSR count). The maximum absolute atomic E-state index is 13.5. The number of fused-ring (bicyclic) bond motifs is 1. The van der Waals surface area contributed by atoms with Crippen LogP contribution in [0.2, 0.25) is 0 Å². The van der Waals surface area contributed by atoms with Crippen molar-refractivity contribution in [3.8, 4) is 5.75 Å². The van der Waals surface area contributed by atoms with Gasteiger partial charge in [-0.2, -0.15) is 0 Å². The molecular weight excluding hydrogens is 442 g/mol. The van der Waals surface area contributed by atoms with Crippen LogP contribution in [0.1, 0.15) is 47.4 Å². The monoisotopic (exact) mass is 479 g/mol. The number of anilines is 1. The highest BCUT2D eigenvalue weighted by molar-refractivity contribution is 6.05. The van der Waals surface area contributed by atoms with Gasteiger partial charge in [0.15, 0.2) is 0 Å². The summed E-state index contributed by atoms with van der Waals surface area (Å²) in [6.07, 6.45) is 2.51. The number of nitrogens with one attached hydrogen (secondary N) is 1. The first-order valence-electron chi connectivity index (χ1n) is 12.5. The molecule has 188 valence electrons. The molecule has 1 aliphatic heterocycles. The van der Waals surface area contributed by atoms with Crippen LogP contribution in [0, 0.1) is 11.8 Å². The normalized spacial score (nSPS) is 24.1. The fraction of sp³-hybridized carbons (Fsp3) is 0.500. The van der Waals surface area contributed by atoms with Crippen LogP contribution < -0.4 is 10.1 Å². The van der Waals surface area contributed by atoms with Gasteiger partial charge in [0.2, 0.25) is 0 Å². The Morgan fingerprint density at radius 1 is 1.11 bits per heavy atom. The first-order valence-corrected chi connectivity index (χ1v) is 12.5. The highest BCUT2D eigenvalue weighted by Gasteiger charge is 2.31. The summed E-state index contributed by atoms with van der Waals surface area (Å²) < 4.78 is 12.1. The van der Waals surface area contributed by atoms with Gasteiger partial charge in [-0.05, 0) is 61.9 Å². The Labute approximate surface area is 208 Å². The van der Waals surface area contributed by atoms with Crippen LogP contribution >= 0.6 is 0 Å². The van der Waals surface area contributed by atoms with Crippen LogP contribution in [0.15, 0.2) is 48.5 Å². The molecule has 1 saturated carbocycles. The predicted molar refractivity (Wildman–Crippen MR) is 137 cm³/mol. The smallest absolute Gasteiger partial charge is 0.257 e. The van der Waals surface area contributed by atoms with E-state index in [0.29, 0.717) is 35.7 Å². The highest BCUT2D eigenvalue weighted by atomic mass is 16.5. The molecule has 2 aliphatic rings. The standard InChI is InChI=1S/C28H37N3O4/c1-19-15-31(16-21-10-11-21)20(2)18-35-25-13-12-23(29-27(32)22-8-6-5-7-9-22)14-24(25)28(33)30(3)17-26(19)34-4/h5-9,12-14,19-21,26H,10-11,15-18H2,1-4H3,(H,29,32)/t19-,20+,26-/m0/s1. The molecule has 0 unspecified atom stereocenters. The summed E-state index contributed by atoms with van der Waals surface area (Å²) in [6.45, 7) is 7.30. The number of rotatable bonds is 5. The van der Waals surface area contributed by atoms with Gasteiger partial charge in [-0.25, -0.2) is 0 Å². The molecule has 1 heterocycles. The molecule has 2 amide bonds. The van der Waals surface area contributed by atoms with Crippen molar-refractivity contribution < 1.29 is 19.1 Å². The van der Waals surface area contributed by atoms with Gasteiger partial charge in [-0.1, -0.05) is 25.1 Å². The Morgan fingerprint density at radius 2 is 1.86 bits per heavy atom. The van der Waals surface area contributed by atoms with E-state index in [4.69, 9.17) is 9.47 Å². The molecule has 1 N–H and O–H groups in total. The average molecular weight is 480 g/mol. The number of carbonyl (C=O) groups excluding carboxylic acids is 2. The lowest BCUT2D eigenvalue weighted by atomic mass is 10.0. The van der Waals surface area contributed by atoms with Crippen LogP contribution in [-0.4, -0.2) is 74.2 Å². The quantitative estimate of drug-likeness (QED) is 0.698. The second kappa shape index (κ2) is 11.2. The predicted octanol–water partition coefficient (Wildman–Crippen LogP) is 4.15. The van der Waals surface area contributed by atoms with Crippen LogP contribution in [0.25, 0.3) is 0 Å². The number of amides is 2. The molecule has 2 aromatic rings. The van der Waals surface area contributed by atoms with Crippen LogP contribution in [0.5, 0.6) is 5.75 Å². The summed E-state index contributed by atoms with van der Waals surface area (Å²) in [5.41, 5.74) is 1.54. The summed E-state index contributed by atoms with van der Waals surface area (Å²) in [7, 11) is 3.50. The molecule has 1 aliphatic carbocycles. The fourth-order valence-corrected chi connectivity index (χ4v) is 4.61. The molecule has 0 radical (unpaired) electrons. The van der Waals surface area contributed by atoms with Crippen molar-refractivity contribution in [1.29, 1.82) is 0 Å². The van der Waals surface area contributed by atoms with Crippen molar-refractivity contribution >= 4 is 17.5 Å². The molecule has 7 heteroatoms. The van der Waals surface area contributed by atoms with E-state index in [1.54, 1.807) is 49.4 Å². The minimum Gasteiger partial charge on any atom is -0.491 e. The summed E-state index contributed by atoms with van der Waals surface area (Å²) in [5.74, 6) is 1.17. The fourth-order valence-electron chi connectivity index (χ4n) is 4.61. The Hall–Kier alpha value is -2.90. The lowest BCUT2D eigenvalue weighted by Crippen LogP contribution is -2.47. The largest absolute Gasteiger partial charge is 0.491 e. The zero-order chi connectivity index (χ0) is 24.9. The Bertz CT molecular complexity index is 1020. The van der Waals surface area contributed by atoms with Gasteiger partial charge in [0.05, 0.1) is 11.7 Å². The molecular formula is C28H37N3O4. The van der Waals surface area contributed by atoms with E-state index in [9.17, 15) is 9.59 Å². The zero-order valence-corrected chi connectivity index (χ0v) is 21.2. The van der Waals surface area contributed by atoms with Gasteiger partial charge >= 0.3 is 0 Å². The highest BCUT2D eigenvalue weighted by Crippen LogP contribution is 2.32. The Kier molecular flexibility index (Phi) is 8.08. The number of nitrogens with zero attached hydrogens (tertiary/aromatic N) is 2. The molecule has 2 aromatic carbocycles. The van der Waals surface area contributed by atoms with Crippen LogP contribution in [-0.2, 0) is 4.74 Å². The maximum Gasteiger partial charge on any atom is 0.257 e. The molecule has 1 fully saturated rings. The molecule has 7 nitrogen and oxygen atoms in total. The number of hydrogen-bond donors (Lipinski definition) is 1. The van der Waals surface area contributed by atoms with E-state index in [2.05, 4.69) is 24.1 Å². The van der Waals surface area contributed by atoms with Gasteiger partial charge in [0.25, 0.3) is 11.8 Å². The second-order valence-corrected chi connectivity index (χ2v) is 10.0. The second-order valence-electron chi connectivity index (χ2n) is 10.0. The summed E-state index contributed by atoms with van der Waals surface area (Å²) >= 11 is 0. The zero-order valence-electron chi connectivity index (χ0n) is 21.2. The molecule has 0 saturated heterocycles. The van der Waals surface area contributed by atoms with E-state index >= 15 is 0 Å². The SMILES string of the molecule is CO[C@H]1CN(C)C(=O)c2cc(NC(=O)c3ccccc3)ccc2OC[C@@H](C)N(CC2CC2)C[C@@H]1C. The van der Waals surface area contributed by atoms with Crippen molar-refractivity contribution in [3.63, 3.8) is 0 Å². The number of hydrogen-bond acceptors (Lipinski definition) is 5. The van der Waals surface area contributed by atoms with E-state index in [1.807, 2.05) is 18.2 Å². The van der Waals surface area contributed by atoms with Gasteiger partial charge in [-0.15, -0.1) is 0 Å². The summed E-state index contributed by atoms with van der Waals surface area (Å²) in [6, 6.07) is 14.5. The van der Waals surface area contributed by atoms with Gasteiger partial charge in [-0.3, -0.25) is 14.5 Å². The van der Waals surface area contributed by atoms with Crippen molar-refractivity contribution in [2.24, 2.45) is 11.8 Å². The Balaban J connectivity index is 1.60. The number of benzene rings is 2. The molecule has 35 heavy (non-hydrogen) atoms. The first-order chi connectivity index (χ1) is 16.9. The third kappa shape index (κ3) is 6.41. The molecule has 0 aromatic heterocycles. The lowest BCUT2D eigenvalue weighted by molar-refractivity contribution is 0.00994. The van der Waals surface area contributed by atoms with E-state index in [1.165, 1.54) is 12.8 Å². The molecule has 0 bridgehead atoms. The van der Waals surface area contributed by atoms with Crippen LogP contribution in [0.3, 0.4) is 0 Å². The summed E-state index contributed by atoms with van der Waals surface area (Å²) in [5, 5.41) is 2.90. The average Bonchev–Trinajstić information content (AvgIpc) is 3.69. The number of likely N-dealkylation sites (N-methyl/N-ethyl adjacent to an activating group) is 1. The Morgan fingerprint density at radius 3 is 2.54 bits per heavy atom. The minimum absolute atomic E-state index is 0.0809. The molecule has 0 spiro atoms. The van der Waals surface area contributed by atoms with Crippen LogP contribution in [0.4, 0.5) is 5.69 Å². The van der Waals surface area contributed by atoms with E-state index in [-0.39, 0.29) is 29.9 Å². The number of ether oxygens (including phenoxy) is 2. The van der Waals surface area contributed by atoms with E-state index < -0.39 is 0 Å². The minimum atomic E-state index is -0.224. The number of methoxy groups -OCH3 is 1. The number of carbonyl (C=O) groups is 2. The van der Waals surface area contributed by atoms with Gasteiger partial charge in [0.1, 0.15) is 12.4 Å². The lowest BCUT2D eigenvalue weighted by Gasteiger charge is -2.36. The third-order valence-electron chi connectivity index (χ3n) is 7.06. The molecule has 3 atom stereocenters. The first kappa shape index (κ1) is 25.2. The topological polar surface area (TPSA) is 71.1 Å². The van der Waals surface area contributed by atoms with E-state index in [0.717, 1.165) is 19.0 Å². The van der Waals surface area contributed by atoms with Gasteiger partial charge in [0, 0.05) is 51.1 Å². The van der Waals surface area contributed by atoms with Crippen molar-refractivity contribution in [2.45, 2.75) is 38.8 Å². The van der Waals surface area contributed by atoms with Crippen molar-refractivity contribution in [2.75, 3.05) is 45.7 Å². The van der Waals surface area contributed by atoms with Crippen molar-refractivity contribution in [1.82, 2.24) is 9.80 Å². The van der Waals surface area contributed by atoms with Crippen molar-refractivity contribution in [3.05, 3.63) is 59.7 Å². The maximum atomic E-state index is 13.5. The van der Waals surface area contributed by atoms with Gasteiger partial charge < -0.3 is 19.7 Å².